The number of aryl methyl sites for hydroxylation is 1. The van der Waals surface area contributed by atoms with Crippen molar-refractivity contribution in [1.82, 2.24) is 9.78 Å². The number of aromatic nitrogens is 2. The smallest absolute Gasteiger partial charge is 0.197 e. The quantitative estimate of drug-likeness (QED) is 0.630. The largest absolute Gasteiger partial charge is 0.288 e. The van der Waals surface area contributed by atoms with Crippen LogP contribution in [0.5, 0.6) is 0 Å². The third-order valence-electron chi connectivity index (χ3n) is 2.18. The molecule has 2 aromatic rings. The van der Waals surface area contributed by atoms with Gasteiger partial charge in [0.1, 0.15) is 0 Å². The predicted octanol–water partition coefficient (Wildman–Crippen LogP) is 3.19. The summed E-state index contributed by atoms with van der Waals surface area (Å²) in [5, 5.41) is 6.05. The van der Waals surface area contributed by atoms with Gasteiger partial charge in [-0.15, -0.1) is 11.3 Å². The maximum Gasteiger partial charge on any atom is 0.197 e. The minimum Gasteiger partial charge on any atom is -0.288 e. The van der Waals surface area contributed by atoms with E-state index in [1.165, 1.54) is 0 Å². The molecular weight excluding hydrogens is 335 g/mol. The van der Waals surface area contributed by atoms with Gasteiger partial charge < -0.3 is 0 Å². The highest BCUT2D eigenvalue weighted by molar-refractivity contribution is 14.1. The van der Waals surface area contributed by atoms with Crippen molar-refractivity contribution in [1.29, 1.82) is 0 Å². The number of rotatable bonds is 4. The molecule has 0 aliphatic rings. The van der Waals surface area contributed by atoms with Gasteiger partial charge >= 0.3 is 0 Å². The average Bonchev–Trinajstić information content (AvgIpc) is 2.87. The predicted molar refractivity (Wildman–Crippen MR) is 73.0 cm³/mol. The Balaban J connectivity index is 2.20. The minimum absolute atomic E-state index is 0.0570. The van der Waals surface area contributed by atoms with Gasteiger partial charge in [-0.1, -0.05) is 6.92 Å². The lowest BCUT2D eigenvalue weighted by Crippen LogP contribution is -1.99. The Bertz CT molecular complexity index is 504. The van der Waals surface area contributed by atoms with Crippen molar-refractivity contribution in [2.24, 2.45) is 0 Å². The van der Waals surface area contributed by atoms with Gasteiger partial charge in [0.05, 0.1) is 14.6 Å². The molecule has 0 N–H and O–H groups in total. The van der Waals surface area contributed by atoms with Crippen molar-refractivity contribution in [3.8, 4) is 0 Å². The topological polar surface area (TPSA) is 34.9 Å². The van der Waals surface area contributed by atoms with Crippen LogP contribution in [0.3, 0.4) is 0 Å². The molecule has 2 aromatic heterocycles. The maximum atomic E-state index is 12.0. The Kier molecular flexibility index (Phi) is 3.75. The normalized spacial score (nSPS) is 10.6. The number of thiophene rings is 1. The number of carbonyl (C=O) groups is 1. The molecule has 0 saturated carbocycles. The van der Waals surface area contributed by atoms with E-state index in [0.29, 0.717) is 5.56 Å². The SMILES string of the molecule is CCCn1cc(C(=O)c2csc(I)c2)cn1. The van der Waals surface area contributed by atoms with Crippen LogP contribution in [0, 0.1) is 2.88 Å². The Labute approximate surface area is 112 Å². The van der Waals surface area contributed by atoms with Crippen LogP contribution < -0.4 is 0 Å². The van der Waals surface area contributed by atoms with Gasteiger partial charge in [-0.25, -0.2) is 0 Å². The number of carbonyl (C=O) groups excluding carboxylic acids is 1. The zero-order valence-corrected chi connectivity index (χ0v) is 11.8. The molecule has 0 amide bonds. The minimum atomic E-state index is 0.0570. The fraction of sp³-hybridized carbons (Fsp3) is 0.273. The van der Waals surface area contributed by atoms with Crippen molar-refractivity contribution >= 4 is 39.7 Å². The Morgan fingerprint density at radius 1 is 1.56 bits per heavy atom. The summed E-state index contributed by atoms with van der Waals surface area (Å²) in [5.74, 6) is 0.0570. The summed E-state index contributed by atoms with van der Waals surface area (Å²) in [5.41, 5.74) is 1.42. The van der Waals surface area contributed by atoms with E-state index in [2.05, 4.69) is 34.6 Å². The van der Waals surface area contributed by atoms with Crippen molar-refractivity contribution in [3.63, 3.8) is 0 Å². The van der Waals surface area contributed by atoms with Crippen LogP contribution >= 0.6 is 33.9 Å². The molecule has 0 aromatic carbocycles. The van der Waals surface area contributed by atoms with Gasteiger partial charge in [-0.2, -0.15) is 5.10 Å². The highest BCUT2D eigenvalue weighted by atomic mass is 127. The lowest BCUT2D eigenvalue weighted by Gasteiger charge is -1.95. The van der Waals surface area contributed by atoms with E-state index < -0.39 is 0 Å². The molecule has 5 heteroatoms. The van der Waals surface area contributed by atoms with Crippen LogP contribution in [-0.4, -0.2) is 15.6 Å². The lowest BCUT2D eigenvalue weighted by molar-refractivity contribution is 0.103. The van der Waals surface area contributed by atoms with E-state index in [0.717, 1.165) is 21.4 Å². The summed E-state index contributed by atoms with van der Waals surface area (Å²) in [6, 6.07) is 1.91. The highest BCUT2D eigenvalue weighted by Crippen LogP contribution is 2.19. The molecule has 0 radical (unpaired) electrons. The van der Waals surface area contributed by atoms with Gasteiger partial charge in [-0.3, -0.25) is 9.48 Å². The Morgan fingerprint density at radius 2 is 2.38 bits per heavy atom. The molecule has 3 nitrogen and oxygen atoms in total. The summed E-state index contributed by atoms with van der Waals surface area (Å²) < 4.78 is 2.94. The Morgan fingerprint density at radius 3 is 3.00 bits per heavy atom. The van der Waals surface area contributed by atoms with E-state index >= 15 is 0 Å². The molecule has 0 bridgehead atoms. The molecule has 0 aliphatic carbocycles. The standard InChI is InChI=1S/C11H11IN2OS/c1-2-3-14-6-9(5-13-14)11(15)8-4-10(12)16-7-8/h4-7H,2-3H2,1H3. The van der Waals surface area contributed by atoms with Crippen LogP contribution in [0.1, 0.15) is 29.3 Å². The summed E-state index contributed by atoms with van der Waals surface area (Å²) in [6.07, 6.45) is 4.48. The van der Waals surface area contributed by atoms with E-state index in [4.69, 9.17) is 0 Å². The van der Waals surface area contributed by atoms with Gasteiger partial charge in [0.25, 0.3) is 0 Å². The molecule has 0 unspecified atom stereocenters. The molecule has 84 valence electrons. The number of hydrogen-bond donors (Lipinski definition) is 0. The fourth-order valence-corrected chi connectivity index (χ4v) is 2.75. The summed E-state index contributed by atoms with van der Waals surface area (Å²) in [6.45, 7) is 2.94. The molecule has 0 aliphatic heterocycles. The van der Waals surface area contributed by atoms with Gasteiger partial charge in [0.2, 0.25) is 0 Å². The molecule has 16 heavy (non-hydrogen) atoms. The second kappa shape index (κ2) is 5.09. The van der Waals surface area contributed by atoms with Gasteiger partial charge in [-0.05, 0) is 35.1 Å². The number of halogens is 1. The van der Waals surface area contributed by atoms with E-state index in [9.17, 15) is 4.79 Å². The van der Waals surface area contributed by atoms with E-state index in [-0.39, 0.29) is 5.78 Å². The van der Waals surface area contributed by atoms with Crippen molar-refractivity contribution in [2.75, 3.05) is 0 Å². The fourth-order valence-electron chi connectivity index (χ4n) is 1.43. The van der Waals surface area contributed by atoms with Crippen LogP contribution in [-0.2, 0) is 6.54 Å². The van der Waals surface area contributed by atoms with Crippen LogP contribution in [0.2, 0.25) is 0 Å². The molecule has 2 rings (SSSR count). The van der Waals surface area contributed by atoms with Gasteiger partial charge in [0, 0.05) is 23.7 Å². The monoisotopic (exact) mass is 346 g/mol. The summed E-state index contributed by atoms with van der Waals surface area (Å²) in [4.78, 5) is 12.0. The first kappa shape index (κ1) is 11.8. The zero-order chi connectivity index (χ0) is 11.5. The first-order chi connectivity index (χ1) is 7.70. The third-order valence-corrected chi connectivity index (χ3v) is 3.97. The van der Waals surface area contributed by atoms with Crippen LogP contribution in [0.4, 0.5) is 0 Å². The van der Waals surface area contributed by atoms with Crippen molar-refractivity contribution in [2.45, 2.75) is 19.9 Å². The molecule has 0 saturated heterocycles. The number of hydrogen-bond acceptors (Lipinski definition) is 3. The second-order valence-electron chi connectivity index (χ2n) is 3.46. The highest BCUT2D eigenvalue weighted by Gasteiger charge is 2.12. The molecule has 0 spiro atoms. The summed E-state index contributed by atoms with van der Waals surface area (Å²) in [7, 11) is 0. The van der Waals surface area contributed by atoms with Crippen LogP contribution in [0.15, 0.2) is 23.8 Å². The molecule has 0 fully saturated rings. The molecule has 2 heterocycles. The van der Waals surface area contributed by atoms with E-state index in [1.807, 2.05) is 22.3 Å². The zero-order valence-electron chi connectivity index (χ0n) is 8.81. The first-order valence-corrected chi connectivity index (χ1v) is 6.97. The van der Waals surface area contributed by atoms with Crippen molar-refractivity contribution in [3.05, 3.63) is 37.9 Å². The third kappa shape index (κ3) is 2.52. The summed E-state index contributed by atoms with van der Waals surface area (Å²) >= 11 is 3.80. The lowest BCUT2D eigenvalue weighted by atomic mass is 10.1. The maximum absolute atomic E-state index is 12.0. The molecular formula is C11H11IN2OS. The number of nitrogens with zero attached hydrogens (tertiary/aromatic N) is 2. The van der Waals surface area contributed by atoms with Crippen molar-refractivity contribution < 1.29 is 4.79 Å². The van der Waals surface area contributed by atoms with Gasteiger partial charge in [0.15, 0.2) is 5.78 Å². The number of ketones is 1. The first-order valence-electron chi connectivity index (χ1n) is 5.02. The van der Waals surface area contributed by atoms with E-state index in [1.54, 1.807) is 17.5 Å². The second-order valence-corrected chi connectivity index (χ2v) is 6.27. The molecule has 0 atom stereocenters. The average molecular weight is 346 g/mol. The Hall–Kier alpha value is -0.690. The van der Waals surface area contributed by atoms with Crippen LogP contribution in [0.25, 0.3) is 0 Å².